The summed E-state index contributed by atoms with van der Waals surface area (Å²) in [6.45, 7) is 0. The quantitative estimate of drug-likeness (QED) is 0.151. The number of nitrogens with zero attached hydrogens (tertiary/aromatic N) is 3. The fourth-order valence-corrected chi connectivity index (χ4v) is 11.9. The second-order valence-electron chi connectivity index (χ2n) is 18.4. The summed E-state index contributed by atoms with van der Waals surface area (Å²) in [7, 11) is 0. The molecule has 3 nitrogen and oxygen atoms in total. The van der Waals surface area contributed by atoms with Gasteiger partial charge in [-0.1, -0.05) is 182 Å². The first-order chi connectivity index (χ1) is 34.7. The van der Waals surface area contributed by atoms with Crippen LogP contribution in [-0.2, 0) is 5.41 Å². The predicted molar refractivity (Wildman–Crippen MR) is 292 cm³/mol. The highest BCUT2D eigenvalue weighted by molar-refractivity contribution is 6.10. The molecule has 1 aromatic heterocycles. The maximum Gasteiger partial charge on any atom is 0.0726 e. The van der Waals surface area contributed by atoms with Gasteiger partial charge in [0.1, 0.15) is 0 Å². The monoisotopic (exact) mass is 891 g/mol. The second-order valence-corrected chi connectivity index (χ2v) is 18.4. The molecule has 2 aliphatic carbocycles. The number of fused-ring (bicyclic) bond motifs is 13. The maximum absolute atomic E-state index is 2.50. The van der Waals surface area contributed by atoms with Gasteiger partial charge in [-0.25, -0.2) is 0 Å². The minimum atomic E-state index is -0.558. The van der Waals surface area contributed by atoms with Crippen LogP contribution in [0.25, 0.3) is 60.9 Å². The lowest BCUT2D eigenvalue weighted by Gasteiger charge is -2.33. The molecule has 14 rings (SSSR count). The lowest BCUT2D eigenvalue weighted by Crippen LogP contribution is -2.26. The van der Waals surface area contributed by atoms with E-state index in [0.717, 1.165) is 45.3 Å². The van der Waals surface area contributed by atoms with Crippen LogP contribution in [0.5, 0.6) is 0 Å². The average Bonchev–Trinajstić information content (AvgIpc) is 4.03. The summed E-state index contributed by atoms with van der Waals surface area (Å²) < 4.78 is 2.42. The minimum Gasteiger partial charge on any atom is -0.310 e. The van der Waals surface area contributed by atoms with Crippen LogP contribution in [-0.4, -0.2) is 4.57 Å². The molecule has 0 saturated carbocycles. The van der Waals surface area contributed by atoms with Gasteiger partial charge in [0.05, 0.1) is 16.4 Å². The highest BCUT2D eigenvalue weighted by Crippen LogP contribution is 2.64. The van der Waals surface area contributed by atoms with Crippen LogP contribution in [0.3, 0.4) is 0 Å². The lowest BCUT2D eigenvalue weighted by atomic mass is 9.70. The van der Waals surface area contributed by atoms with Crippen LogP contribution in [0, 0.1) is 0 Å². The van der Waals surface area contributed by atoms with E-state index in [1.807, 2.05) is 0 Å². The maximum atomic E-state index is 2.50. The summed E-state index contributed by atoms with van der Waals surface area (Å²) in [6.07, 6.45) is 0. The van der Waals surface area contributed by atoms with Gasteiger partial charge in [-0.05, 0) is 147 Å². The van der Waals surface area contributed by atoms with Gasteiger partial charge in [-0.15, -0.1) is 0 Å². The van der Waals surface area contributed by atoms with Crippen molar-refractivity contribution >= 4 is 55.9 Å². The summed E-state index contributed by atoms with van der Waals surface area (Å²) in [5.74, 6) is 0. The van der Waals surface area contributed by atoms with Crippen LogP contribution in [0.15, 0.2) is 273 Å². The minimum absolute atomic E-state index is 0.558. The van der Waals surface area contributed by atoms with E-state index in [4.69, 9.17) is 0 Å². The zero-order chi connectivity index (χ0) is 46.2. The van der Waals surface area contributed by atoms with Crippen molar-refractivity contribution in [3.63, 3.8) is 0 Å². The predicted octanol–water partition coefficient (Wildman–Crippen LogP) is 17.7. The van der Waals surface area contributed by atoms with Gasteiger partial charge in [0.25, 0.3) is 0 Å². The molecule has 1 unspecified atom stereocenters. The first kappa shape index (κ1) is 39.9. The molecule has 1 heterocycles. The third-order valence-electron chi connectivity index (χ3n) is 14.7. The van der Waals surface area contributed by atoms with E-state index in [1.165, 1.54) is 71.9 Å². The van der Waals surface area contributed by atoms with Crippen LogP contribution in [0.1, 0.15) is 22.3 Å². The molecule has 0 radical (unpaired) electrons. The van der Waals surface area contributed by atoms with E-state index < -0.39 is 5.41 Å². The fourth-order valence-electron chi connectivity index (χ4n) is 11.9. The fraction of sp³-hybridized carbons (Fsp3) is 0.0149. The van der Waals surface area contributed by atoms with Crippen molar-refractivity contribution in [1.29, 1.82) is 0 Å². The molecule has 11 aromatic carbocycles. The molecule has 1 atom stereocenters. The topological polar surface area (TPSA) is 11.4 Å². The van der Waals surface area contributed by atoms with Gasteiger partial charge in [0.2, 0.25) is 0 Å². The molecule has 0 fully saturated rings. The number of hydrogen-bond acceptors (Lipinski definition) is 2. The summed E-state index contributed by atoms with van der Waals surface area (Å²) in [5, 5.41) is 2.46. The Bertz CT molecular complexity index is 3910. The molecule has 12 aromatic rings. The number of anilines is 6. The van der Waals surface area contributed by atoms with E-state index in [0.29, 0.717) is 0 Å². The SMILES string of the molecule is c1ccc(-c2cccc(N(c3ccc4c(c3)C3(c5ccccc5-c5cc(N(c6ccccc6)c6ccccc6)ccc53)c3ccccc3-4)c3ccc4c5ccccc5n(-c5ccccc5)c4c3)c2)cc1. The molecule has 0 aliphatic heterocycles. The van der Waals surface area contributed by atoms with Crippen molar-refractivity contribution in [2.24, 2.45) is 0 Å². The molecule has 1 spiro atoms. The molecule has 2 aliphatic rings. The zero-order valence-corrected chi connectivity index (χ0v) is 38.3. The zero-order valence-electron chi connectivity index (χ0n) is 38.3. The molecular formula is C67H45N3. The van der Waals surface area contributed by atoms with Crippen LogP contribution >= 0.6 is 0 Å². The summed E-state index contributed by atoms with van der Waals surface area (Å²) in [5.41, 5.74) is 22.2. The first-order valence-electron chi connectivity index (χ1n) is 24.2. The molecule has 0 N–H and O–H groups in total. The van der Waals surface area contributed by atoms with Gasteiger partial charge in [-0.2, -0.15) is 0 Å². The van der Waals surface area contributed by atoms with E-state index in [-0.39, 0.29) is 0 Å². The Morgan fingerprint density at radius 2 is 0.729 bits per heavy atom. The summed E-state index contributed by atoms with van der Waals surface area (Å²) >= 11 is 0. The number of para-hydroxylation sites is 4. The molecule has 70 heavy (non-hydrogen) atoms. The number of hydrogen-bond donors (Lipinski definition) is 0. The molecule has 3 heteroatoms. The highest BCUT2D eigenvalue weighted by Gasteiger charge is 2.52. The Morgan fingerprint density at radius 1 is 0.257 bits per heavy atom. The van der Waals surface area contributed by atoms with Crippen LogP contribution < -0.4 is 9.80 Å². The number of benzene rings is 11. The molecular weight excluding hydrogens is 847 g/mol. The van der Waals surface area contributed by atoms with E-state index in [1.54, 1.807) is 0 Å². The molecule has 328 valence electrons. The Labute approximate surface area is 408 Å². The van der Waals surface area contributed by atoms with Gasteiger partial charge in [0, 0.05) is 50.6 Å². The van der Waals surface area contributed by atoms with Gasteiger partial charge in [-0.3, -0.25) is 0 Å². The Morgan fingerprint density at radius 3 is 1.46 bits per heavy atom. The largest absolute Gasteiger partial charge is 0.310 e. The van der Waals surface area contributed by atoms with Crippen molar-refractivity contribution in [3.8, 4) is 39.1 Å². The van der Waals surface area contributed by atoms with Gasteiger partial charge >= 0.3 is 0 Å². The number of aromatic nitrogens is 1. The van der Waals surface area contributed by atoms with Crippen molar-refractivity contribution in [2.45, 2.75) is 5.41 Å². The second kappa shape index (κ2) is 16.0. The smallest absolute Gasteiger partial charge is 0.0726 e. The van der Waals surface area contributed by atoms with Crippen molar-refractivity contribution in [2.75, 3.05) is 9.80 Å². The lowest BCUT2D eigenvalue weighted by molar-refractivity contribution is 0.793. The van der Waals surface area contributed by atoms with E-state index in [9.17, 15) is 0 Å². The van der Waals surface area contributed by atoms with Crippen LogP contribution in [0.2, 0.25) is 0 Å². The van der Waals surface area contributed by atoms with E-state index >= 15 is 0 Å². The van der Waals surface area contributed by atoms with E-state index in [2.05, 4.69) is 287 Å². The van der Waals surface area contributed by atoms with Gasteiger partial charge in [0.15, 0.2) is 0 Å². The van der Waals surface area contributed by atoms with Crippen LogP contribution in [0.4, 0.5) is 34.1 Å². The van der Waals surface area contributed by atoms with Crippen molar-refractivity contribution < 1.29 is 0 Å². The normalized spacial score (nSPS) is 14.1. The Hall–Kier alpha value is -9.18. The summed E-state index contributed by atoms with van der Waals surface area (Å²) in [4.78, 5) is 4.84. The van der Waals surface area contributed by atoms with Crippen molar-refractivity contribution in [1.82, 2.24) is 4.57 Å². The Kier molecular flexibility index (Phi) is 9.11. The number of rotatable bonds is 8. The summed E-state index contributed by atoms with van der Waals surface area (Å²) in [6, 6.07) is 100. The Balaban J connectivity index is 1.01. The first-order valence-corrected chi connectivity index (χ1v) is 24.2. The standard InChI is InChI=1S/C67H45N3/c1-5-20-46(21-6-1)47-22-19-29-51(42-47)69(54-37-40-59-58-32-15-18-35-65(58)70(66(59)45-54)50-27-11-4-12-28-50)53-36-39-57-55-30-13-16-33-61(55)67(64(57)44-53)62-34-17-14-31-56(62)60-43-52(38-41-63(60)67)68(48-23-7-2-8-24-48)49-25-9-3-10-26-49/h1-45H. The van der Waals surface area contributed by atoms with Crippen molar-refractivity contribution in [3.05, 3.63) is 295 Å². The van der Waals surface area contributed by atoms with Gasteiger partial charge < -0.3 is 14.4 Å². The average molecular weight is 892 g/mol. The molecule has 0 bridgehead atoms. The third-order valence-corrected chi connectivity index (χ3v) is 14.7. The molecule has 0 amide bonds. The molecule has 0 saturated heterocycles. The third kappa shape index (κ3) is 6.01. The highest BCUT2D eigenvalue weighted by atomic mass is 15.1.